The molecular weight excluding hydrogens is 1350 g/mol. The highest BCUT2D eigenvalue weighted by molar-refractivity contribution is 4.80. The van der Waals surface area contributed by atoms with Gasteiger partial charge in [-0.25, -0.2) is 31.1 Å². The van der Waals surface area contributed by atoms with Gasteiger partial charge in [0.15, 0.2) is 6.29 Å². The van der Waals surface area contributed by atoms with Crippen LogP contribution >= 0.6 is 0 Å². The Morgan fingerprint density at radius 1 is 0.286 bits per heavy atom. The Morgan fingerprint density at radius 3 is 0.989 bits per heavy atom. The monoisotopic (exact) mass is 1420 g/mol. The molecule has 22 nitrogen and oxygen atoms in total. The van der Waals surface area contributed by atoms with Gasteiger partial charge in [0.1, 0.15) is 70.2 Å². The van der Waals surface area contributed by atoms with Crippen molar-refractivity contribution < 1.29 is 213 Å². The second kappa shape index (κ2) is 39.6. The highest BCUT2D eigenvalue weighted by Gasteiger charge is 2.65. The number of halogens is 24. The van der Waals surface area contributed by atoms with Crippen molar-refractivity contribution in [3.05, 3.63) is 0 Å². The lowest BCUT2D eigenvalue weighted by Crippen LogP contribution is -2.50. The number of alkyl halides is 24. The first-order valence-electron chi connectivity index (χ1n) is 26.0. The van der Waals surface area contributed by atoms with E-state index in [9.17, 15) is 126 Å². The summed E-state index contributed by atoms with van der Waals surface area (Å²) in [7, 11) is 0. The Morgan fingerprint density at radius 2 is 0.604 bits per heavy atom. The molecule has 8 N–H and O–H groups in total. The summed E-state index contributed by atoms with van der Waals surface area (Å²) in [4.78, 5) is 11.8. The van der Waals surface area contributed by atoms with Crippen LogP contribution in [0.5, 0.6) is 0 Å². The van der Waals surface area contributed by atoms with Crippen LogP contribution in [-0.2, 0) is 66.9 Å². The van der Waals surface area contributed by atoms with Crippen molar-refractivity contribution in [3.8, 4) is 0 Å². The largest absolute Gasteiger partial charge is 0.452 e. The summed E-state index contributed by atoms with van der Waals surface area (Å²) in [6.45, 7) is -23.2. The number of ether oxygens (including phenoxy) is 10. The van der Waals surface area contributed by atoms with Gasteiger partial charge in [-0.1, -0.05) is 0 Å². The summed E-state index contributed by atoms with van der Waals surface area (Å²) >= 11 is 0. The molecule has 6 unspecified atom stereocenters. The van der Waals surface area contributed by atoms with Crippen LogP contribution in [0.3, 0.4) is 0 Å². The topological polar surface area (TPSA) is 291 Å². The molecule has 0 rings (SSSR count). The van der Waals surface area contributed by atoms with Crippen molar-refractivity contribution in [3.63, 3.8) is 0 Å². The Hall–Kier alpha value is -2.56. The molecule has 0 aliphatic rings. The third kappa shape index (κ3) is 39.3. The summed E-state index contributed by atoms with van der Waals surface area (Å²) in [5, 5.41) is 74.1. The van der Waals surface area contributed by atoms with E-state index in [4.69, 9.17) is 25.2 Å². The smallest absolute Gasteiger partial charge is 0.394 e. The van der Waals surface area contributed by atoms with Crippen LogP contribution in [0, 0.1) is 0 Å². The normalized spacial score (nSPS) is 16.4. The number of aliphatic hydroxyl groups excluding tert-OH is 8. The molecule has 0 heterocycles. The van der Waals surface area contributed by atoms with Crippen LogP contribution in [0.15, 0.2) is 0 Å². The maximum Gasteiger partial charge on any atom is 0.452 e. The maximum atomic E-state index is 14.2. The van der Waals surface area contributed by atoms with Crippen LogP contribution in [0.25, 0.3) is 0 Å². The second-order valence-corrected chi connectivity index (χ2v) is 19.5. The summed E-state index contributed by atoms with van der Waals surface area (Å²) in [6, 6.07) is 0. The van der Waals surface area contributed by atoms with E-state index >= 15 is 0 Å². The molecule has 6 atom stereocenters. The van der Waals surface area contributed by atoms with Crippen molar-refractivity contribution >= 4 is 0 Å². The van der Waals surface area contributed by atoms with Crippen molar-refractivity contribution in [2.45, 2.75) is 167 Å². The van der Waals surface area contributed by atoms with Crippen LogP contribution in [0.1, 0.15) is 57.8 Å². The Bertz CT molecular complexity index is 1930. The van der Waals surface area contributed by atoms with Gasteiger partial charge in [-0.15, -0.1) is 0 Å². The van der Waals surface area contributed by atoms with Crippen LogP contribution in [-0.4, -0.2) is 269 Å². The third-order valence-corrected chi connectivity index (χ3v) is 10.4. The molecule has 0 aromatic rings. The minimum atomic E-state index is -5.99. The van der Waals surface area contributed by atoms with Crippen LogP contribution in [0.2, 0.25) is 0 Å². The summed E-state index contributed by atoms with van der Waals surface area (Å²) in [5.74, 6) is -22.7. The molecule has 0 bridgehead atoms. The first-order valence-corrected chi connectivity index (χ1v) is 26.0. The fourth-order valence-corrected chi connectivity index (χ4v) is 5.88. The van der Waals surface area contributed by atoms with Gasteiger partial charge in [-0.2, -0.15) is 98.6 Å². The number of rotatable bonds is 58. The van der Waals surface area contributed by atoms with E-state index in [-0.39, 0.29) is 0 Å². The lowest BCUT2D eigenvalue weighted by Gasteiger charge is -2.29. The first kappa shape index (κ1) is 88.4. The zero-order valence-corrected chi connectivity index (χ0v) is 46.9. The lowest BCUT2D eigenvalue weighted by atomic mass is 10.1. The molecular formula is C45H68F24O22. The van der Waals surface area contributed by atoms with E-state index in [1.165, 1.54) is 0 Å². The molecule has 0 fully saturated rings. The number of aliphatic hydroxyl groups is 8. The fourth-order valence-electron chi connectivity index (χ4n) is 5.88. The maximum absolute atomic E-state index is 14.2. The number of hydrogen-bond donors (Lipinski definition) is 8. The molecule has 0 saturated carbocycles. The quantitative estimate of drug-likeness (QED) is 0.0114. The molecule has 91 heavy (non-hydrogen) atoms. The molecule has 0 spiro atoms. The van der Waals surface area contributed by atoms with Crippen molar-refractivity contribution in [1.82, 2.24) is 0 Å². The zero-order chi connectivity index (χ0) is 70.5. The zero-order valence-electron chi connectivity index (χ0n) is 46.9. The van der Waals surface area contributed by atoms with E-state index in [0.717, 1.165) is 0 Å². The molecule has 0 radical (unpaired) electrons. The molecule has 0 aromatic heterocycles. The highest BCUT2D eigenvalue weighted by atomic mass is 19.4. The van der Waals surface area contributed by atoms with Crippen LogP contribution < -0.4 is 0 Å². The average Bonchev–Trinajstić information content (AvgIpc) is 0.859. The van der Waals surface area contributed by atoms with E-state index in [1.807, 2.05) is 0 Å². The molecule has 0 aliphatic heterocycles. The van der Waals surface area contributed by atoms with Gasteiger partial charge in [-0.3, -0.25) is 0 Å². The van der Waals surface area contributed by atoms with Crippen molar-refractivity contribution in [2.75, 3.05) is 119 Å². The van der Waals surface area contributed by atoms with E-state index in [1.54, 1.807) is 0 Å². The molecule has 0 saturated heterocycles. The van der Waals surface area contributed by atoms with Crippen molar-refractivity contribution in [2.24, 2.45) is 0 Å². The summed E-state index contributed by atoms with van der Waals surface area (Å²) in [6.07, 6.45) is -62.7. The predicted octanol–water partition coefficient (Wildman–Crippen LogP) is 5.99. The minimum absolute atomic E-state index is 0.713. The lowest BCUT2D eigenvalue weighted by molar-refractivity contribution is -0.549. The molecule has 0 aliphatic carbocycles. The van der Waals surface area contributed by atoms with E-state index in [2.05, 4.69) is 62.2 Å². The Kier molecular flexibility index (Phi) is 38.5. The third-order valence-electron chi connectivity index (χ3n) is 10.4. The Balaban J connectivity index is 4.53. The van der Waals surface area contributed by atoms with Gasteiger partial charge in [0.05, 0.1) is 79.3 Å². The van der Waals surface area contributed by atoms with Gasteiger partial charge in [0, 0.05) is 32.1 Å². The minimum Gasteiger partial charge on any atom is -0.394 e. The van der Waals surface area contributed by atoms with Gasteiger partial charge in [0.25, 0.3) is 17.8 Å². The first-order chi connectivity index (χ1) is 41.4. The SMILES string of the molecule is OCC(O)COCC(F)(F)CCCC(F)(F)C(F)(F)OOC(F)(F)COCC(O)COCC(O)OCC(F)(F)CCCC(F)(F)C(F)(F)OOC(F)(F)COCC(O)COCC(O)COCC(F)(F)CCCCOC(F)(F)C(F)(F)OC(F)(F)COCC(O)CO. The molecule has 0 aromatic carbocycles. The molecule has 0 amide bonds. The van der Waals surface area contributed by atoms with E-state index in [0.29, 0.717) is 0 Å². The fraction of sp³-hybridized carbons (Fsp3) is 1.00. The second-order valence-electron chi connectivity index (χ2n) is 19.5. The number of hydrogen-bond acceptors (Lipinski definition) is 22. The standard InChI is InChI=1S/C45H68F24O22/c46-34(47,5-1-2-10-86-44(66,67)45(68,69)87-39(56,57)25-82-14-29(73)12-71)22-81-18-30(74)15-78-16-31(75)19-83-26-40(58,59)88-91-43(64,65)38(54,55)9-4-7-36(50,51)24-85-33(77)21-79-17-32(76)20-84-27-41(60,61)89-90-42(62,63)37(52,53)8-3-6-35(48,49)23-80-13-28(72)11-70/h28-33,70-77H,1-27H2. The Labute approximate surface area is 499 Å². The molecule has 46 heteroatoms. The highest BCUT2D eigenvalue weighted by Crippen LogP contribution is 2.44. The average molecular weight is 1420 g/mol. The van der Waals surface area contributed by atoms with Crippen molar-refractivity contribution in [1.29, 1.82) is 0 Å². The van der Waals surface area contributed by atoms with Gasteiger partial charge >= 0.3 is 54.6 Å². The van der Waals surface area contributed by atoms with Gasteiger partial charge in [0.2, 0.25) is 0 Å². The van der Waals surface area contributed by atoms with E-state index < -0.39 is 286 Å². The van der Waals surface area contributed by atoms with Crippen LogP contribution in [0.4, 0.5) is 105 Å². The van der Waals surface area contributed by atoms with Gasteiger partial charge in [-0.05, 0) is 25.7 Å². The van der Waals surface area contributed by atoms with Gasteiger partial charge < -0.3 is 83.5 Å². The number of unbranched alkanes of at least 4 members (excludes halogenated alkanes) is 1. The summed E-state index contributed by atoms with van der Waals surface area (Å²) < 4.78 is 375. The molecule has 548 valence electrons. The summed E-state index contributed by atoms with van der Waals surface area (Å²) in [5.41, 5.74) is 0. The predicted molar refractivity (Wildman–Crippen MR) is 244 cm³/mol.